The minimum atomic E-state index is -0.295. The summed E-state index contributed by atoms with van der Waals surface area (Å²) in [5.41, 5.74) is 1.66. The Morgan fingerprint density at radius 2 is 2.07 bits per heavy atom. The summed E-state index contributed by atoms with van der Waals surface area (Å²) < 4.78 is 13.4. The molecule has 0 atom stereocenters. The van der Waals surface area contributed by atoms with Gasteiger partial charge in [-0.2, -0.15) is 0 Å². The van der Waals surface area contributed by atoms with Crippen LogP contribution >= 0.6 is 15.9 Å². The van der Waals surface area contributed by atoms with Crippen LogP contribution in [0.5, 0.6) is 0 Å². The first-order chi connectivity index (χ1) is 6.50. The van der Waals surface area contributed by atoms with E-state index < -0.39 is 0 Å². The Bertz CT molecular complexity index is 396. The second kappa shape index (κ2) is 4.51. The molecule has 0 saturated heterocycles. The largest absolute Gasteiger partial charge is 0.295 e. The van der Waals surface area contributed by atoms with Crippen molar-refractivity contribution in [2.45, 2.75) is 13.8 Å². The molecule has 0 aromatic heterocycles. The Morgan fingerprint density at radius 3 is 2.57 bits per heavy atom. The van der Waals surface area contributed by atoms with Crippen molar-refractivity contribution in [2.75, 3.05) is 0 Å². The van der Waals surface area contributed by atoms with Gasteiger partial charge in [0.15, 0.2) is 5.78 Å². The van der Waals surface area contributed by atoms with Crippen molar-refractivity contribution >= 4 is 27.3 Å². The average molecular weight is 257 g/mol. The SMILES string of the molecule is CC(=O)/C=C(\C)c1ccc(F)cc1Br. The van der Waals surface area contributed by atoms with Gasteiger partial charge in [0.05, 0.1) is 0 Å². The minimum absolute atomic E-state index is 0.0151. The highest BCUT2D eigenvalue weighted by Gasteiger charge is 2.03. The van der Waals surface area contributed by atoms with Crippen molar-refractivity contribution in [1.29, 1.82) is 0 Å². The maximum Gasteiger partial charge on any atom is 0.152 e. The predicted molar refractivity (Wildman–Crippen MR) is 58.4 cm³/mol. The number of carbonyl (C=O) groups excluding carboxylic acids is 1. The summed E-state index contributed by atoms with van der Waals surface area (Å²) in [6.45, 7) is 3.31. The van der Waals surface area contributed by atoms with Gasteiger partial charge in [0.1, 0.15) is 5.82 Å². The van der Waals surface area contributed by atoms with Crippen LogP contribution in [0.3, 0.4) is 0 Å². The Labute approximate surface area is 90.8 Å². The lowest BCUT2D eigenvalue weighted by molar-refractivity contribution is -0.112. The molecule has 0 aliphatic rings. The molecule has 0 amide bonds. The fourth-order valence-electron chi connectivity index (χ4n) is 1.19. The maximum atomic E-state index is 12.8. The van der Waals surface area contributed by atoms with E-state index in [9.17, 15) is 9.18 Å². The van der Waals surface area contributed by atoms with Gasteiger partial charge in [-0.25, -0.2) is 4.39 Å². The van der Waals surface area contributed by atoms with E-state index in [2.05, 4.69) is 15.9 Å². The lowest BCUT2D eigenvalue weighted by atomic mass is 10.1. The third-order valence-electron chi connectivity index (χ3n) is 1.78. The van der Waals surface area contributed by atoms with Crippen LogP contribution in [-0.2, 0) is 4.79 Å². The molecule has 0 unspecified atom stereocenters. The number of carbonyl (C=O) groups is 1. The van der Waals surface area contributed by atoms with Crippen molar-refractivity contribution in [3.8, 4) is 0 Å². The minimum Gasteiger partial charge on any atom is -0.295 e. The van der Waals surface area contributed by atoms with Crippen LogP contribution in [0.2, 0.25) is 0 Å². The van der Waals surface area contributed by atoms with E-state index >= 15 is 0 Å². The molecule has 1 nitrogen and oxygen atoms in total. The van der Waals surface area contributed by atoms with Gasteiger partial charge in [0, 0.05) is 4.47 Å². The summed E-state index contributed by atoms with van der Waals surface area (Å²) in [6, 6.07) is 4.40. The molecule has 0 fully saturated rings. The summed E-state index contributed by atoms with van der Waals surface area (Å²) in [7, 11) is 0. The number of hydrogen-bond acceptors (Lipinski definition) is 1. The molecular formula is C11H10BrFO. The summed E-state index contributed by atoms with van der Waals surface area (Å²) in [6.07, 6.45) is 1.53. The highest BCUT2D eigenvalue weighted by Crippen LogP contribution is 2.24. The molecule has 0 N–H and O–H groups in total. The summed E-state index contributed by atoms with van der Waals surface area (Å²) in [5.74, 6) is -0.310. The summed E-state index contributed by atoms with van der Waals surface area (Å²) in [5, 5.41) is 0. The van der Waals surface area contributed by atoms with Crippen LogP contribution < -0.4 is 0 Å². The molecule has 0 aliphatic heterocycles. The topological polar surface area (TPSA) is 17.1 Å². The molecule has 0 saturated carbocycles. The average Bonchev–Trinajstić information content (AvgIpc) is 2.01. The quantitative estimate of drug-likeness (QED) is 0.740. The molecule has 1 aromatic rings. The van der Waals surface area contributed by atoms with Crippen molar-refractivity contribution in [1.82, 2.24) is 0 Å². The molecule has 0 heterocycles. The number of benzene rings is 1. The molecule has 1 aromatic carbocycles. The molecule has 0 radical (unpaired) electrons. The molecule has 0 bridgehead atoms. The third-order valence-corrected chi connectivity index (χ3v) is 2.43. The molecule has 3 heteroatoms. The van der Waals surface area contributed by atoms with Gasteiger partial charge in [-0.15, -0.1) is 0 Å². The van der Waals surface area contributed by atoms with Gasteiger partial charge in [-0.3, -0.25) is 4.79 Å². The summed E-state index contributed by atoms with van der Waals surface area (Å²) in [4.78, 5) is 10.8. The third kappa shape index (κ3) is 2.77. The van der Waals surface area contributed by atoms with Crippen molar-refractivity contribution in [3.05, 3.63) is 40.1 Å². The number of hydrogen-bond donors (Lipinski definition) is 0. The first-order valence-electron chi connectivity index (χ1n) is 4.15. The van der Waals surface area contributed by atoms with E-state index in [0.29, 0.717) is 4.47 Å². The van der Waals surface area contributed by atoms with Crippen LogP contribution in [0.25, 0.3) is 5.57 Å². The Kier molecular flexibility index (Phi) is 3.58. The number of allylic oxidation sites excluding steroid dienone is 2. The summed E-state index contributed by atoms with van der Waals surface area (Å²) >= 11 is 3.25. The van der Waals surface area contributed by atoms with Gasteiger partial charge >= 0.3 is 0 Å². The van der Waals surface area contributed by atoms with E-state index in [0.717, 1.165) is 11.1 Å². The van der Waals surface area contributed by atoms with Crippen molar-refractivity contribution < 1.29 is 9.18 Å². The highest BCUT2D eigenvalue weighted by molar-refractivity contribution is 9.10. The van der Waals surface area contributed by atoms with E-state index in [-0.39, 0.29) is 11.6 Å². The predicted octanol–water partition coefficient (Wildman–Crippen LogP) is 3.58. The zero-order valence-corrected chi connectivity index (χ0v) is 9.56. The van der Waals surface area contributed by atoms with Crippen molar-refractivity contribution in [2.24, 2.45) is 0 Å². The monoisotopic (exact) mass is 256 g/mol. The molecule has 14 heavy (non-hydrogen) atoms. The second-order valence-corrected chi connectivity index (χ2v) is 3.92. The zero-order valence-electron chi connectivity index (χ0n) is 7.97. The fourth-order valence-corrected chi connectivity index (χ4v) is 1.86. The first-order valence-corrected chi connectivity index (χ1v) is 4.94. The van der Waals surface area contributed by atoms with Gasteiger partial charge in [-0.05, 0) is 43.2 Å². The number of halogens is 2. The smallest absolute Gasteiger partial charge is 0.152 e. The maximum absolute atomic E-state index is 12.8. The van der Waals surface area contributed by atoms with E-state index in [4.69, 9.17) is 0 Å². The lowest BCUT2D eigenvalue weighted by Crippen LogP contribution is -1.88. The number of ketones is 1. The van der Waals surface area contributed by atoms with Gasteiger partial charge in [-0.1, -0.05) is 22.0 Å². The van der Waals surface area contributed by atoms with Crippen LogP contribution in [-0.4, -0.2) is 5.78 Å². The second-order valence-electron chi connectivity index (χ2n) is 3.06. The van der Waals surface area contributed by atoms with E-state index in [1.807, 2.05) is 6.92 Å². The van der Waals surface area contributed by atoms with E-state index in [1.165, 1.54) is 25.1 Å². The van der Waals surface area contributed by atoms with Crippen molar-refractivity contribution in [3.63, 3.8) is 0 Å². The first kappa shape index (κ1) is 11.1. The Morgan fingerprint density at radius 1 is 1.43 bits per heavy atom. The Hall–Kier alpha value is -0.960. The lowest BCUT2D eigenvalue weighted by Gasteiger charge is -2.03. The molecule has 0 aliphatic carbocycles. The van der Waals surface area contributed by atoms with Crippen LogP contribution in [0.4, 0.5) is 4.39 Å². The number of rotatable bonds is 2. The van der Waals surface area contributed by atoms with Crippen LogP contribution in [0, 0.1) is 5.82 Å². The van der Waals surface area contributed by atoms with Gasteiger partial charge in [0.25, 0.3) is 0 Å². The van der Waals surface area contributed by atoms with Crippen LogP contribution in [0.1, 0.15) is 19.4 Å². The molecule has 1 rings (SSSR count). The fraction of sp³-hybridized carbons (Fsp3) is 0.182. The van der Waals surface area contributed by atoms with E-state index in [1.54, 1.807) is 6.07 Å². The molecule has 0 spiro atoms. The standard InChI is InChI=1S/C11H10BrFO/c1-7(5-8(2)14)10-4-3-9(13)6-11(10)12/h3-6H,1-2H3/b7-5+. The van der Waals surface area contributed by atoms with Gasteiger partial charge in [0.2, 0.25) is 0 Å². The molecule has 74 valence electrons. The highest BCUT2D eigenvalue weighted by atomic mass is 79.9. The molecular weight excluding hydrogens is 247 g/mol. The van der Waals surface area contributed by atoms with Gasteiger partial charge < -0.3 is 0 Å². The Balaban J connectivity index is 3.14. The van der Waals surface area contributed by atoms with Crippen LogP contribution in [0.15, 0.2) is 28.7 Å². The normalized spacial score (nSPS) is 11.6. The zero-order chi connectivity index (χ0) is 10.7.